The van der Waals surface area contributed by atoms with Crippen molar-refractivity contribution in [2.45, 2.75) is 16.3 Å². The summed E-state index contributed by atoms with van der Waals surface area (Å²) in [6.07, 6.45) is 3.80. The molecule has 1 heterocycles. The average Bonchev–Trinajstić information content (AvgIpc) is 2.88. The molecule has 114 valence electrons. The number of sulfone groups is 1. The summed E-state index contributed by atoms with van der Waals surface area (Å²) in [6, 6.07) is 2.62. The second-order valence-electron chi connectivity index (χ2n) is 4.30. The Kier molecular flexibility index (Phi) is 4.12. The van der Waals surface area contributed by atoms with E-state index in [0.29, 0.717) is 5.56 Å². The smallest absolute Gasteiger partial charge is 0.243 e. The first-order chi connectivity index (χ1) is 9.70. The van der Waals surface area contributed by atoms with Gasteiger partial charge in [-0.25, -0.2) is 25.9 Å². The van der Waals surface area contributed by atoms with E-state index in [4.69, 9.17) is 0 Å². The van der Waals surface area contributed by atoms with Crippen LogP contribution in [0.2, 0.25) is 0 Å². The molecule has 0 aliphatic rings. The van der Waals surface area contributed by atoms with Crippen LogP contribution in [-0.2, 0) is 26.4 Å². The van der Waals surface area contributed by atoms with E-state index in [1.54, 1.807) is 0 Å². The lowest BCUT2D eigenvalue weighted by atomic mass is 10.3. The van der Waals surface area contributed by atoms with Crippen LogP contribution in [0.5, 0.6) is 0 Å². The Balaban J connectivity index is 2.35. The molecule has 0 aliphatic carbocycles. The minimum Gasteiger partial charge on any atom is -0.285 e. The second-order valence-corrected chi connectivity index (χ2v) is 8.05. The Bertz CT molecular complexity index is 846. The Labute approximate surface area is 121 Å². The fraction of sp³-hybridized carbons (Fsp3) is 0.182. The fourth-order valence-electron chi connectivity index (χ4n) is 1.55. The number of sulfonamides is 1. The Hall–Kier alpha value is -1.78. The Morgan fingerprint density at radius 3 is 2.57 bits per heavy atom. The van der Waals surface area contributed by atoms with Crippen molar-refractivity contribution in [2.75, 3.05) is 6.26 Å². The number of hydrogen-bond acceptors (Lipinski definition) is 5. The molecule has 1 aromatic carbocycles. The van der Waals surface area contributed by atoms with Gasteiger partial charge in [0, 0.05) is 24.6 Å². The molecule has 0 atom stereocenters. The third kappa shape index (κ3) is 3.65. The van der Waals surface area contributed by atoms with Gasteiger partial charge < -0.3 is 0 Å². The van der Waals surface area contributed by atoms with Crippen molar-refractivity contribution in [3.05, 3.63) is 42.0 Å². The van der Waals surface area contributed by atoms with Crippen LogP contribution in [0, 0.1) is 5.82 Å². The number of nitrogens with one attached hydrogen (secondary N) is 2. The molecule has 0 unspecified atom stereocenters. The van der Waals surface area contributed by atoms with E-state index >= 15 is 0 Å². The van der Waals surface area contributed by atoms with Crippen LogP contribution in [0.4, 0.5) is 4.39 Å². The molecule has 0 saturated carbocycles. The van der Waals surface area contributed by atoms with Gasteiger partial charge in [0.25, 0.3) is 0 Å². The first-order valence-electron chi connectivity index (χ1n) is 5.67. The van der Waals surface area contributed by atoms with Gasteiger partial charge in [0.1, 0.15) is 10.7 Å². The number of nitrogens with zero attached hydrogens (tertiary/aromatic N) is 1. The summed E-state index contributed by atoms with van der Waals surface area (Å²) < 4.78 is 62.8. The number of halogens is 1. The van der Waals surface area contributed by atoms with Gasteiger partial charge in [-0.15, -0.1) is 0 Å². The van der Waals surface area contributed by atoms with Crippen LogP contribution in [0.3, 0.4) is 0 Å². The minimum atomic E-state index is -4.18. The lowest BCUT2D eigenvalue weighted by Crippen LogP contribution is -2.24. The lowest BCUT2D eigenvalue weighted by molar-refractivity contribution is 0.555. The van der Waals surface area contributed by atoms with Crippen molar-refractivity contribution in [2.24, 2.45) is 0 Å². The zero-order valence-corrected chi connectivity index (χ0v) is 12.5. The maximum Gasteiger partial charge on any atom is 0.243 e. The molecule has 0 fully saturated rings. The van der Waals surface area contributed by atoms with Crippen molar-refractivity contribution in [1.29, 1.82) is 0 Å². The van der Waals surface area contributed by atoms with Gasteiger partial charge in [-0.3, -0.25) is 5.10 Å². The predicted octanol–water partition coefficient (Wildman–Crippen LogP) is 0.431. The number of benzene rings is 1. The normalized spacial score (nSPS) is 12.5. The lowest BCUT2D eigenvalue weighted by Gasteiger charge is -2.08. The van der Waals surface area contributed by atoms with E-state index in [2.05, 4.69) is 14.9 Å². The second kappa shape index (κ2) is 5.54. The molecule has 0 bridgehead atoms. The monoisotopic (exact) mass is 333 g/mol. The van der Waals surface area contributed by atoms with Crippen LogP contribution in [-0.4, -0.2) is 33.3 Å². The van der Waals surface area contributed by atoms with Gasteiger partial charge in [0.05, 0.1) is 11.1 Å². The van der Waals surface area contributed by atoms with Gasteiger partial charge in [-0.05, 0) is 18.2 Å². The van der Waals surface area contributed by atoms with Crippen LogP contribution in [0.15, 0.2) is 40.4 Å². The summed E-state index contributed by atoms with van der Waals surface area (Å²) in [5.74, 6) is -1.03. The number of aromatic nitrogens is 2. The van der Waals surface area contributed by atoms with Crippen LogP contribution in [0.25, 0.3) is 0 Å². The topological polar surface area (TPSA) is 109 Å². The fourth-order valence-corrected chi connectivity index (χ4v) is 3.39. The van der Waals surface area contributed by atoms with Crippen molar-refractivity contribution in [3.8, 4) is 0 Å². The van der Waals surface area contributed by atoms with Crippen LogP contribution in [0.1, 0.15) is 5.56 Å². The molecule has 0 amide bonds. The van der Waals surface area contributed by atoms with Crippen LogP contribution < -0.4 is 4.72 Å². The van der Waals surface area contributed by atoms with Gasteiger partial charge in [0.2, 0.25) is 10.0 Å². The van der Waals surface area contributed by atoms with Crippen LogP contribution >= 0.6 is 0 Å². The maximum absolute atomic E-state index is 13.7. The molecule has 2 N–H and O–H groups in total. The van der Waals surface area contributed by atoms with E-state index < -0.39 is 30.6 Å². The van der Waals surface area contributed by atoms with Crippen molar-refractivity contribution in [3.63, 3.8) is 0 Å². The molecule has 1 aromatic heterocycles. The highest BCUT2D eigenvalue weighted by atomic mass is 32.2. The Morgan fingerprint density at radius 1 is 1.29 bits per heavy atom. The van der Waals surface area contributed by atoms with Gasteiger partial charge >= 0.3 is 0 Å². The highest BCUT2D eigenvalue weighted by Crippen LogP contribution is 2.19. The Morgan fingerprint density at radius 2 is 2.00 bits per heavy atom. The van der Waals surface area contributed by atoms with Gasteiger partial charge in [0.15, 0.2) is 9.84 Å². The average molecular weight is 333 g/mol. The van der Waals surface area contributed by atoms with Crippen molar-refractivity contribution >= 4 is 19.9 Å². The third-order valence-electron chi connectivity index (χ3n) is 2.64. The van der Waals surface area contributed by atoms with E-state index in [9.17, 15) is 21.2 Å². The van der Waals surface area contributed by atoms with Gasteiger partial charge in [-0.1, -0.05) is 0 Å². The zero-order valence-electron chi connectivity index (χ0n) is 10.9. The zero-order chi connectivity index (χ0) is 15.7. The van der Waals surface area contributed by atoms with E-state index in [1.165, 1.54) is 12.4 Å². The molecule has 2 aromatic rings. The molecule has 10 heteroatoms. The third-order valence-corrected chi connectivity index (χ3v) is 5.17. The summed E-state index contributed by atoms with van der Waals surface area (Å²) in [5, 5.41) is 6.15. The number of hydrogen-bond donors (Lipinski definition) is 2. The van der Waals surface area contributed by atoms with Gasteiger partial charge in [-0.2, -0.15) is 5.10 Å². The molecule has 21 heavy (non-hydrogen) atoms. The summed E-state index contributed by atoms with van der Waals surface area (Å²) >= 11 is 0. The molecule has 7 nitrogen and oxygen atoms in total. The summed E-state index contributed by atoms with van der Waals surface area (Å²) in [6.45, 7) is -0.0959. The molecule has 0 saturated heterocycles. The molecule has 2 rings (SSSR count). The summed E-state index contributed by atoms with van der Waals surface area (Å²) in [4.78, 5) is -0.985. The van der Waals surface area contributed by atoms with Crippen molar-refractivity contribution in [1.82, 2.24) is 14.9 Å². The van der Waals surface area contributed by atoms with E-state index in [0.717, 1.165) is 24.5 Å². The number of rotatable bonds is 5. The molecular formula is C11H12FN3O4S2. The highest BCUT2D eigenvalue weighted by molar-refractivity contribution is 7.91. The van der Waals surface area contributed by atoms with Crippen molar-refractivity contribution < 1.29 is 21.2 Å². The maximum atomic E-state index is 13.7. The number of aromatic amines is 1. The largest absolute Gasteiger partial charge is 0.285 e. The first-order valence-corrected chi connectivity index (χ1v) is 9.04. The van der Waals surface area contributed by atoms with E-state index in [1.807, 2.05) is 0 Å². The minimum absolute atomic E-state index is 0.0959. The molecule has 0 spiro atoms. The van der Waals surface area contributed by atoms with E-state index in [-0.39, 0.29) is 11.4 Å². The summed E-state index contributed by atoms with van der Waals surface area (Å²) in [5.41, 5.74) is 0.554. The molecule has 0 radical (unpaired) electrons. The number of H-pyrrole nitrogens is 1. The summed E-state index contributed by atoms with van der Waals surface area (Å²) in [7, 11) is -7.82. The highest BCUT2D eigenvalue weighted by Gasteiger charge is 2.21. The molecule has 0 aliphatic heterocycles. The quantitative estimate of drug-likeness (QED) is 0.771. The first kappa shape index (κ1) is 15.6. The molecular weight excluding hydrogens is 321 g/mol. The standard InChI is InChI=1S/C11H12FN3O4S2/c1-20(16,17)9-2-3-10(12)11(4-9)21(18,19)15-7-8-5-13-14-6-8/h2-6,15H,7H2,1H3,(H,13,14). The SMILES string of the molecule is CS(=O)(=O)c1ccc(F)c(S(=O)(=O)NCc2cn[nH]c2)c1. The predicted molar refractivity (Wildman–Crippen MR) is 72.1 cm³/mol.